The van der Waals surface area contributed by atoms with Gasteiger partial charge >= 0.3 is 0 Å². The lowest BCUT2D eigenvalue weighted by molar-refractivity contribution is 0.795. The first-order valence-corrected chi connectivity index (χ1v) is 6.39. The van der Waals surface area contributed by atoms with E-state index >= 15 is 0 Å². The van der Waals surface area contributed by atoms with Crippen LogP contribution >= 0.6 is 0 Å². The average Bonchev–Trinajstić information content (AvgIpc) is 2.80. The largest absolute Gasteiger partial charge is 0.266 e. The predicted molar refractivity (Wildman–Crippen MR) is 75.8 cm³/mol. The molecule has 96 valence electrons. The highest BCUT2D eigenvalue weighted by atomic mass is 15.2. The Bertz CT molecular complexity index is 728. The zero-order valence-electron chi connectivity index (χ0n) is 11.3. The van der Waals surface area contributed by atoms with Crippen molar-refractivity contribution in [3.63, 3.8) is 0 Å². The van der Waals surface area contributed by atoms with Gasteiger partial charge in [-0.25, -0.2) is 0 Å². The molecule has 0 aliphatic rings. The van der Waals surface area contributed by atoms with Crippen molar-refractivity contribution in [2.24, 2.45) is 7.05 Å². The second-order valence-corrected chi connectivity index (χ2v) is 5.03. The summed E-state index contributed by atoms with van der Waals surface area (Å²) >= 11 is 0. The number of aromatic nitrogens is 4. The second kappa shape index (κ2) is 4.46. The molecule has 0 spiro atoms. The number of aryl methyl sites for hydroxylation is 1. The molecule has 0 saturated carbocycles. The van der Waals surface area contributed by atoms with Gasteiger partial charge in [0.15, 0.2) is 0 Å². The van der Waals surface area contributed by atoms with Crippen LogP contribution in [0.3, 0.4) is 0 Å². The van der Waals surface area contributed by atoms with E-state index in [2.05, 4.69) is 41.0 Å². The molecule has 3 aromatic rings. The molecule has 0 aliphatic heterocycles. The van der Waals surface area contributed by atoms with Gasteiger partial charge in [0.1, 0.15) is 0 Å². The summed E-state index contributed by atoms with van der Waals surface area (Å²) in [5.74, 6) is 0.490. The minimum atomic E-state index is 0.490. The van der Waals surface area contributed by atoms with Gasteiger partial charge in [-0.1, -0.05) is 13.8 Å². The van der Waals surface area contributed by atoms with Crippen molar-refractivity contribution in [3.8, 4) is 11.4 Å². The first-order valence-electron chi connectivity index (χ1n) is 6.39. The highest BCUT2D eigenvalue weighted by Crippen LogP contribution is 2.23. The topological polar surface area (TPSA) is 43.6 Å². The highest BCUT2D eigenvalue weighted by molar-refractivity contribution is 5.81. The number of pyridine rings is 2. The van der Waals surface area contributed by atoms with E-state index in [4.69, 9.17) is 0 Å². The number of hydrogen-bond acceptors (Lipinski definition) is 3. The van der Waals surface area contributed by atoms with Crippen molar-refractivity contribution in [1.82, 2.24) is 19.7 Å². The molecule has 19 heavy (non-hydrogen) atoms. The van der Waals surface area contributed by atoms with Crippen molar-refractivity contribution in [2.45, 2.75) is 19.8 Å². The third kappa shape index (κ3) is 2.10. The van der Waals surface area contributed by atoms with Gasteiger partial charge in [-0.3, -0.25) is 14.6 Å². The van der Waals surface area contributed by atoms with Gasteiger partial charge in [0, 0.05) is 18.6 Å². The maximum Gasteiger partial charge on any atom is 0.0894 e. The normalized spacial score (nSPS) is 11.4. The van der Waals surface area contributed by atoms with Crippen LogP contribution in [0.5, 0.6) is 0 Å². The Labute approximate surface area is 112 Å². The van der Waals surface area contributed by atoms with E-state index in [1.807, 2.05) is 36.4 Å². The molecular weight excluding hydrogens is 236 g/mol. The molecule has 0 atom stereocenters. The van der Waals surface area contributed by atoms with Gasteiger partial charge < -0.3 is 0 Å². The Hall–Kier alpha value is -2.23. The van der Waals surface area contributed by atoms with Gasteiger partial charge in [0.25, 0.3) is 0 Å². The lowest BCUT2D eigenvalue weighted by Crippen LogP contribution is -1.93. The highest BCUT2D eigenvalue weighted by Gasteiger charge is 2.07. The quantitative estimate of drug-likeness (QED) is 0.703. The molecule has 0 unspecified atom stereocenters. The molecule has 3 aromatic heterocycles. The second-order valence-electron chi connectivity index (χ2n) is 5.03. The summed E-state index contributed by atoms with van der Waals surface area (Å²) in [7, 11) is 1.92. The first-order chi connectivity index (χ1) is 9.15. The van der Waals surface area contributed by atoms with Crippen molar-refractivity contribution < 1.29 is 0 Å². The van der Waals surface area contributed by atoms with Crippen LogP contribution in [-0.4, -0.2) is 19.7 Å². The fourth-order valence-electron chi connectivity index (χ4n) is 2.13. The molecule has 3 rings (SSSR count). The standard InChI is InChI=1S/C15H16N4/c1-10(2)11-4-5-16-13(6-11)14-7-12-8-18-19(3)15(12)9-17-14/h4-10H,1-3H3. The van der Waals surface area contributed by atoms with E-state index in [1.165, 1.54) is 5.56 Å². The minimum absolute atomic E-state index is 0.490. The third-order valence-electron chi connectivity index (χ3n) is 3.35. The lowest BCUT2D eigenvalue weighted by atomic mass is 10.0. The molecular formula is C15H16N4. The fourth-order valence-corrected chi connectivity index (χ4v) is 2.13. The zero-order valence-corrected chi connectivity index (χ0v) is 11.3. The Morgan fingerprint density at radius 2 is 1.84 bits per heavy atom. The van der Waals surface area contributed by atoms with Crippen molar-refractivity contribution >= 4 is 10.9 Å². The van der Waals surface area contributed by atoms with Crippen LogP contribution in [-0.2, 0) is 7.05 Å². The maximum atomic E-state index is 4.49. The summed E-state index contributed by atoms with van der Waals surface area (Å²) < 4.78 is 1.82. The van der Waals surface area contributed by atoms with Crippen LogP contribution in [0.15, 0.2) is 36.8 Å². The van der Waals surface area contributed by atoms with Gasteiger partial charge in [-0.05, 0) is 29.7 Å². The molecule has 0 aliphatic carbocycles. The van der Waals surface area contributed by atoms with Crippen LogP contribution < -0.4 is 0 Å². The maximum absolute atomic E-state index is 4.49. The monoisotopic (exact) mass is 252 g/mol. The molecule has 0 aromatic carbocycles. The average molecular weight is 252 g/mol. The molecule has 0 fully saturated rings. The van der Waals surface area contributed by atoms with Crippen LogP contribution in [0.2, 0.25) is 0 Å². The SMILES string of the molecule is CC(C)c1ccnc(-c2cc3cnn(C)c3cn2)c1. The molecule has 4 heteroatoms. The summed E-state index contributed by atoms with van der Waals surface area (Å²) in [6, 6.07) is 6.20. The van der Waals surface area contributed by atoms with E-state index in [0.29, 0.717) is 5.92 Å². The van der Waals surface area contributed by atoms with E-state index in [-0.39, 0.29) is 0 Å². The van der Waals surface area contributed by atoms with Crippen molar-refractivity contribution in [1.29, 1.82) is 0 Å². The van der Waals surface area contributed by atoms with Gasteiger partial charge in [-0.15, -0.1) is 0 Å². The first kappa shape index (κ1) is 11.8. The van der Waals surface area contributed by atoms with E-state index in [0.717, 1.165) is 22.3 Å². The molecule has 4 nitrogen and oxygen atoms in total. The Morgan fingerprint density at radius 1 is 1.05 bits per heavy atom. The molecule has 0 amide bonds. The number of hydrogen-bond donors (Lipinski definition) is 0. The lowest BCUT2D eigenvalue weighted by Gasteiger charge is -2.07. The molecule has 3 heterocycles. The van der Waals surface area contributed by atoms with E-state index in [9.17, 15) is 0 Å². The number of rotatable bonds is 2. The summed E-state index contributed by atoms with van der Waals surface area (Å²) in [5, 5.41) is 5.32. The Morgan fingerprint density at radius 3 is 2.63 bits per heavy atom. The van der Waals surface area contributed by atoms with Crippen LogP contribution in [0.25, 0.3) is 22.3 Å². The molecule has 0 radical (unpaired) electrons. The van der Waals surface area contributed by atoms with Crippen LogP contribution in [0.4, 0.5) is 0 Å². The van der Waals surface area contributed by atoms with Gasteiger partial charge in [0.05, 0.1) is 29.3 Å². The summed E-state index contributed by atoms with van der Waals surface area (Å²) in [6.07, 6.45) is 5.55. The smallest absolute Gasteiger partial charge is 0.0894 e. The molecule has 0 bridgehead atoms. The number of nitrogens with zero attached hydrogens (tertiary/aromatic N) is 4. The molecule has 0 N–H and O–H groups in total. The Kier molecular flexibility index (Phi) is 2.78. The van der Waals surface area contributed by atoms with Crippen molar-refractivity contribution in [3.05, 3.63) is 42.4 Å². The van der Waals surface area contributed by atoms with Crippen LogP contribution in [0.1, 0.15) is 25.3 Å². The third-order valence-corrected chi connectivity index (χ3v) is 3.35. The van der Waals surface area contributed by atoms with Crippen molar-refractivity contribution in [2.75, 3.05) is 0 Å². The minimum Gasteiger partial charge on any atom is -0.266 e. The summed E-state index contributed by atoms with van der Waals surface area (Å²) in [6.45, 7) is 4.35. The molecule has 0 saturated heterocycles. The van der Waals surface area contributed by atoms with Gasteiger partial charge in [-0.2, -0.15) is 5.10 Å². The summed E-state index contributed by atoms with van der Waals surface area (Å²) in [5.41, 5.74) is 4.11. The van der Waals surface area contributed by atoms with Crippen LogP contribution in [0, 0.1) is 0 Å². The Balaban J connectivity index is 2.10. The van der Waals surface area contributed by atoms with E-state index in [1.54, 1.807) is 0 Å². The zero-order chi connectivity index (χ0) is 13.4. The van der Waals surface area contributed by atoms with Gasteiger partial charge in [0.2, 0.25) is 0 Å². The number of fused-ring (bicyclic) bond motifs is 1. The van der Waals surface area contributed by atoms with E-state index < -0.39 is 0 Å². The predicted octanol–water partition coefficient (Wildman–Crippen LogP) is 3.15. The summed E-state index contributed by atoms with van der Waals surface area (Å²) in [4.78, 5) is 8.90. The fraction of sp³-hybridized carbons (Fsp3) is 0.267.